The van der Waals surface area contributed by atoms with Crippen LogP contribution in [0, 0.1) is 0 Å². The minimum atomic E-state index is 1.05. The Hall–Kier alpha value is -0.900. The largest absolute Gasteiger partial charge is 0.320 e. The fourth-order valence-corrected chi connectivity index (χ4v) is 2.15. The molecule has 2 heterocycles. The smallest absolute Gasteiger partial charge is 0.133 e. The molecule has 0 saturated heterocycles. The highest BCUT2D eigenvalue weighted by Gasteiger charge is 2.13. The Morgan fingerprint density at radius 1 is 1.27 bits per heavy atom. The van der Waals surface area contributed by atoms with E-state index >= 15 is 0 Å². The molecule has 84 valence electrons. The van der Waals surface area contributed by atoms with Crippen LogP contribution in [0.25, 0.3) is 0 Å². The van der Waals surface area contributed by atoms with Crippen molar-refractivity contribution in [2.45, 2.75) is 45.1 Å². The summed E-state index contributed by atoms with van der Waals surface area (Å²) in [4.78, 5) is 0. The summed E-state index contributed by atoms with van der Waals surface area (Å²) in [6.07, 6.45) is 7.19. The first-order valence-electron chi connectivity index (χ1n) is 5.97. The zero-order chi connectivity index (χ0) is 10.5. The first-order chi connectivity index (χ1) is 7.42. The molecule has 4 nitrogen and oxygen atoms in total. The molecule has 0 aromatic carbocycles. The van der Waals surface area contributed by atoms with E-state index in [-0.39, 0.29) is 0 Å². The van der Waals surface area contributed by atoms with Crippen LogP contribution in [0.1, 0.15) is 37.3 Å². The summed E-state index contributed by atoms with van der Waals surface area (Å²) in [7, 11) is 1.99. The van der Waals surface area contributed by atoms with E-state index in [1.165, 1.54) is 30.9 Å². The normalized spacial score (nSPS) is 16.1. The Balaban J connectivity index is 2.01. The van der Waals surface area contributed by atoms with Crippen LogP contribution in [0.4, 0.5) is 0 Å². The Morgan fingerprint density at radius 3 is 3.07 bits per heavy atom. The van der Waals surface area contributed by atoms with E-state index < -0.39 is 0 Å². The van der Waals surface area contributed by atoms with Gasteiger partial charge in [-0.15, -0.1) is 10.2 Å². The molecular formula is C11H20N4. The topological polar surface area (TPSA) is 42.7 Å². The molecule has 1 aromatic rings. The third-order valence-corrected chi connectivity index (χ3v) is 3.01. The van der Waals surface area contributed by atoms with Crippen LogP contribution in [-0.4, -0.2) is 28.4 Å². The number of aryl methyl sites for hydroxylation is 2. The van der Waals surface area contributed by atoms with E-state index in [4.69, 9.17) is 0 Å². The highest BCUT2D eigenvalue weighted by atomic mass is 15.3. The standard InChI is InChI=1S/C11H20N4/c1-12-8-5-7-11-14-13-10-6-3-2-4-9-15(10)11/h12H,2-9H2,1H3. The van der Waals surface area contributed by atoms with Gasteiger partial charge in [-0.3, -0.25) is 0 Å². The number of hydrogen-bond donors (Lipinski definition) is 1. The summed E-state index contributed by atoms with van der Waals surface area (Å²) >= 11 is 0. The number of nitrogens with one attached hydrogen (secondary N) is 1. The maximum atomic E-state index is 4.30. The highest BCUT2D eigenvalue weighted by Crippen LogP contribution is 2.14. The van der Waals surface area contributed by atoms with E-state index in [2.05, 4.69) is 20.1 Å². The Kier molecular flexibility index (Phi) is 3.72. The molecule has 1 N–H and O–H groups in total. The van der Waals surface area contributed by atoms with Crippen LogP contribution in [0.15, 0.2) is 0 Å². The monoisotopic (exact) mass is 208 g/mol. The molecule has 2 rings (SSSR count). The first kappa shape index (κ1) is 10.6. The summed E-state index contributed by atoms with van der Waals surface area (Å²) in [5.41, 5.74) is 0. The Labute approximate surface area is 91.1 Å². The molecule has 4 heteroatoms. The van der Waals surface area contributed by atoms with E-state index in [0.717, 1.165) is 32.4 Å². The number of rotatable bonds is 4. The second-order valence-electron chi connectivity index (χ2n) is 4.20. The van der Waals surface area contributed by atoms with Gasteiger partial charge in [-0.25, -0.2) is 0 Å². The van der Waals surface area contributed by atoms with Gasteiger partial charge >= 0.3 is 0 Å². The molecule has 0 saturated carbocycles. The maximum absolute atomic E-state index is 4.30. The van der Waals surface area contributed by atoms with Crippen molar-refractivity contribution in [1.29, 1.82) is 0 Å². The van der Waals surface area contributed by atoms with Gasteiger partial charge in [0.15, 0.2) is 0 Å². The van der Waals surface area contributed by atoms with Gasteiger partial charge in [0, 0.05) is 19.4 Å². The van der Waals surface area contributed by atoms with E-state index in [1.54, 1.807) is 0 Å². The molecule has 0 amide bonds. The molecule has 1 aliphatic rings. The summed E-state index contributed by atoms with van der Waals surface area (Å²) < 4.78 is 2.34. The lowest BCUT2D eigenvalue weighted by atomic mass is 10.2. The number of fused-ring (bicyclic) bond motifs is 1. The lowest BCUT2D eigenvalue weighted by Gasteiger charge is -2.06. The molecule has 0 bridgehead atoms. The van der Waals surface area contributed by atoms with E-state index in [1.807, 2.05) is 7.05 Å². The number of hydrogen-bond acceptors (Lipinski definition) is 3. The molecule has 0 fully saturated rings. The molecule has 0 atom stereocenters. The molecule has 1 aromatic heterocycles. The minimum absolute atomic E-state index is 1.05. The van der Waals surface area contributed by atoms with Crippen molar-refractivity contribution < 1.29 is 0 Å². The third kappa shape index (κ3) is 2.56. The van der Waals surface area contributed by atoms with Crippen LogP contribution in [0.3, 0.4) is 0 Å². The fraction of sp³-hybridized carbons (Fsp3) is 0.818. The van der Waals surface area contributed by atoms with Crippen molar-refractivity contribution in [3.05, 3.63) is 11.6 Å². The summed E-state index contributed by atoms with van der Waals surface area (Å²) in [5.74, 6) is 2.38. The molecular weight excluding hydrogens is 188 g/mol. The average molecular weight is 208 g/mol. The molecule has 0 unspecified atom stereocenters. The maximum Gasteiger partial charge on any atom is 0.133 e. The number of aromatic nitrogens is 3. The second-order valence-corrected chi connectivity index (χ2v) is 4.20. The number of nitrogens with zero attached hydrogens (tertiary/aromatic N) is 3. The summed E-state index contributed by atoms with van der Waals surface area (Å²) in [6.45, 7) is 2.18. The summed E-state index contributed by atoms with van der Waals surface area (Å²) in [5, 5.41) is 11.7. The van der Waals surface area contributed by atoms with Gasteiger partial charge < -0.3 is 9.88 Å². The molecule has 1 aliphatic heterocycles. The van der Waals surface area contributed by atoms with Gasteiger partial charge in [0.05, 0.1) is 0 Å². The molecule has 0 radical (unpaired) electrons. The Bertz CT molecular complexity index is 306. The van der Waals surface area contributed by atoms with Crippen LogP contribution in [-0.2, 0) is 19.4 Å². The highest BCUT2D eigenvalue weighted by molar-refractivity contribution is 4.98. The zero-order valence-electron chi connectivity index (χ0n) is 9.50. The van der Waals surface area contributed by atoms with Crippen molar-refractivity contribution in [1.82, 2.24) is 20.1 Å². The molecule has 0 aliphatic carbocycles. The van der Waals surface area contributed by atoms with E-state index in [9.17, 15) is 0 Å². The van der Waals surface area contributed by atoms with Gasteiger partial charge in [0.1, 0.15) is 11.6 Å². The van der Waals surface area contributed by atoms with Crippen LogP contribution < -0.4 is 5.32 Å². The quantitative estimate of drug-likeness (QED) is 0.755. The van der Waals surface area contributed by atoms with Gasteiger partial charge in [-0.1, -0.05) is 6.42 Å². The predicted molar refractivity (Wildman–Crippen MR) is 59.8 cm³/mol. The van der Waals surface area contributed by atoms with Gasteiger partial charge in [0.2, 0.25) is 0 Å². The molecule has 0 spiro atoms. The van der Waals surface area contributed by atoms with Gasteiger partial charge in [-0.2, -0.15) is 0 Å². The van der Waals surface area contributed by atoms with E-state index in [0.29, 0.717) is 0 Å². The van der Waals surface area contributed by atoms with Crippen molar-refractivity contribution in [3.8, 4) is 0 Å². The van der Waals surface area contributed by atoms with Crippen molar-refractivity contribution in [2.75, 3.05) is 13.6 Å². The summed E-state index contributed by atoms with van der Waals surface area (Å²) in [6, 6.07) is 0. The van der Waals surface area contributed by atoms with Crippen LogP contribution >= 0.6 is 0 Å². The van der Waals surface area contributed by atoms with Crippen molar-refractivity contribution in [2.24, 2.45) is 0 Å². The molecule has 15 heavy (non-hydrogen) atoms. The lowest BCUT2D eigenvalue weighted by Crippen LogP contribution is -2.11. The fourth-order valence-electron chi connectivity index (χ4n) is 2.15. The average Bonchev–Trinajstić information content (AvgIpc) is 2.50. The van der Waals surface area contributed by atoms with Crippen LogP contribution in [0.5, 0.6) is 0 Å². The van der Waals surface area contributed by atoms with Crippen LogP contribution in [0.2, 0.25) is 0 Å². The van der Waals surface area contributed by atoms with Gasteiger partial charge in [-0.05, 0) is 32.9 Å². The first-order valence-corrected chi connectivity index (χ1v) is 5.97. The zero-order valence-corrected chi connectivity index (χ0v) is 9.50. The second kappa shape index (κ2) is 5.26. The predicted octanol–water partition coefficient (Wildman–Crippen LogP) is 1.16. The minimum Gasteiger partial charge on any atom is -0.320 e. The third-order valence-electron chi connectivity index (χ3n) is 3.01. The van der Waals surface area contributed by atoms with Gasteiger partial charge in [0.25, 0.3) is 0 Å². The van der Waals surface area contributed by atoms with Crippen molar-refractivity contribution in [3.63, 3.8) is 0 Å². The lowest BCUT2D eigenvalue weighted by molar-refractivity contribution is 0.591. The Morgan fingerprint density at radius 2 is 2.20 bits per heavy atom. The SMILES string of the molecule is CNCCCc1nnc2n1CCCCC2. The van der Waals surface area contributed by atoms with Crippen molar-refractivity contribution >= 4 is 0 Å².